The summed E-state index contributed by atoms with van der Waals surface area (Å²) < 4.78 is 0. The van der Waals surface area contributed by atoms with Gasteiger partial charge in [-0.2, -0.15) is 0 Å². The summed E-state index contributed by atoms with van der Waals surface area (Å²) in [6.07, 6.45) is 0.502. The highest BCUT2D eigenvalue weighted by molar-refractivity contribution is 5.84. The summed E-state index contributed by atoms with van der Waals surface area (Å²) in [4.78, 5) is 43.8. The Morgan fingerprint density at radius 1 is 1.00 bits per heavy atom. The lowest BCUT2D eigenvalue weighted by Crippen LogP contribution is -2.42. The van der Waals surface area contributed by atoms with Crippen LogP contribution in [0.3, 0.4) is 0 Å². The number of carboxylic acids is 2. The van der Waals surface area contributed by atoms with Gasteiger partial charge in [0.05, 0.1) is 0 Å². The van der Waals surface area contributed by atoms with E-state index in [1.165, 1.54) is 0 Å². The van der Waals surface area contributed by atoms with Crippen molar-refractivity contribution in [3.63, 3.8) is 0 Å². The van der Waals surface area contributed by atoms with Crippen LogP contribution >= 0.6 is 0 Å². The van der Waals surface area contributed by atoms with E-state index in [1.54, 1.807) is 0 Å². The maximum Gasteiger partial charge on any atom is 0.326 e. The summed E-state index contributed by atoms with van der Waals surface area (Å²) in [5.41, 5.74) is 0. The third-order valence-corrected chi connectivity index (χ3v) is 2.43. The minimum absolute atomic E-state index is 0.0493. The van der Waals surface area contributed by atoms with E-state index in [0.29, 0.717) is 12.8 Å². The zero-order chi connectivity index (χ0) is 15.5. The molecule has 2 amide bonds. The second-order valence-electron chi connectivity index (χ2n) is 4.24. The van der Waals surface area contributed by atoms with E-state index in [1.807, 2.05) is 6.92 Å². The highest BCUT2D eigenvalue weighted by Gasteiger charge is 2.20. The Bertz CT molecular complexity index is 369. The fourth-order valence-corrected chi connectivity index (χ4v) is 1.42. The Hall–Kier alpha value is -2.12. The highest BCUT2D eigenvalue weighted by atomic mass is 16.4. The molecule has 0 unspecified atom stereocenters. The summed E-state index contributed by atoms with van der Waals surface area (Å²) in [5, 5.41) is 22.1. The smallest absolute Gasteiger partial charge is 0.326 e. The van der Waals surface area contributed by atoms with Crippen molar-refractivity contribution in [2.75, 3.05) is 6.54 Å². The molecule has 114 valence electrons. The first-order chi connectivity index (χ1) is 9.36. The highest BCUT2D eigenvalue weighted by Crippen LogP contribution is 1.98. The monoisotopic (exact) mass is 288 g/mol. The van der Waals surface area contributed by atoms with Crippen molar-refractivity contribution >= 4 is 23.8 Å². The van der Waals surface area contributed by atoms with Gasteiger partial charge < -0.3 is 20.8 Å². The van der Waals surface area contributed by atoms with Gasteiger partial charge in [0, 0.05) is 25.8 Å². The Morgan fingerprint density at radius 2 is 1.65 bits per heavy atom. The van der Waals surface area contributed by atoms with Crippen LogP contribution in [0.2, 0.25) is 0 Å². The molecular weight excluding hydrogens is 268 g/mol. The van der Waals surface area contributed by atoms with Gasteiger partial charge in [0.25, 0.3) is 0 Å². The van der Waals surface area contributed by atoms with E-state index in [-0.39, 0.29) is 31.7 Å². The van der Waals surface area contributed by atoms with Gasteiger partial charge in [0.1, 0.15) is 6.04 Å². The molecule has 0 saturated carbocycles. The third-order valence-electron chi connectivity index (χ3n) is 2.43. The van der Waals surface area contributed by atoms with Crippen LogP contribution in [0.4, 0.5) is 0 Å². The van der Waals surface area contributed by atoms with Crippen LogP contribution in [0.1, 0.15) is 39.0 Å². The van der Waals surface area contributed by atoms with Crippen molar-refractivity contribution in [3.05, 3.63) is 0 Å². The molecule has 8 heteroatoms. The van der Waals surface area contributed by atoms with Gasteiger partial charge in [-0.25, -0.2) is 4.79 Å². The van der Waals surface area contributed by atoms with E-state index in [2.05, 4.69) is 10.6 Å². The number of carbonyl (C=O) groups is 4. The largest absolute Gasteiger partial charge is 0.481 e. The number of carboxylic acid groups (broad SMARTS) is 2. The van der Waals surface area contributed by atoms with Crippen LogP contribution in [-0.2, 0) is 19.2 Å². The van der Waals surface area contributed by atoms with Gasteiger partial charge in [0.2, 0.25) is 11.8 Å². The molecule has 0 heterocycles. The number of hydrogen-bond donors (Lipinski definition) is 4. The third kappa shape index (κ3) is 8.90. The molecule has 0 rings (SSSR count). The summed E-state index contributed by atoms with van der Waals surface area (Å²) in [6.45, 7) is 1.97. The number of carbonyl (C=O) groups excluding carboxylic acids is 2. The summed E-state index contributed by atoms with van der Waals surface area (Å²) in [5.74, 6) is -3.12. The molecule has 0 aromatic carbocycles. The standard InChI is InChI=1S/C12H20N2O6/c1-2-3-9(15)13-7-6-10(16)14-8(12(19)20)4-5-11(17)18/h8H,2-7H2,1H3,(H,13,15)(H,14,16)(H,17,18)(H,19,20)/t8-/m1/s1. The molecule has 0 spiro atoms. The van der Waals surface area contributed by atoms with E-state index in [0.717, 1.165) is 0 Å². The van der Waals surface area contributed by atoms with Gasteiger partial charge >= 0.3 is 11.9 Å². The first kappa shape index (κ1) is 17.9. The van der Waals surface area contributed by atoms with Crippen molar-refractivity contribution in [1.82, 2.24) is 10.6 Å². The quantitative estimate of drug-likeness (QED) is 0.437. The molecule has 20 heavy (non-hydrogen) atoms. The first-order valence-electron chi connectivity index (χ1n) is 6.37. The van der Waals surface area contributed by atoms with Crippen molar-refractivity contribution < 1.29 is 29.4 Å². The second kappa shape index (κ2) is 9.76. The van der Waals surface area contributed by atoms with Crippen LogP contribution in [-0.4, -0.2) is 46.6 Å². The normalized spacial score (nSPS) is 11.4. The Labute approximate surface area is 116 Å². The zero-order valence-electron chi connectivity index (χ0n) is 11.3. The van der Waals surface area contributed by atoms with Crippen LogP contribution in [0, 0.1) is 0 Å². The Kier molecular flexibility index (Phi) is 8.73. The van der Waals surface area contributed by atoms with Crippen LogP contribution in [0.5, 0.6) is 0 Å². The van der Waals surface area contributed by atoms with Crippen molar-refractivity contribution in [1.29, 1.82) is 0 Å². The van der Waals surface area contributed by atoms with Gasteiger partial charge in [-0.15, -0.1) is 0 Å². The predicted octanol–water partition coefficient (Wildman–Crippen LogP) is -0.273. The molecule has 0 aromatic heterocycles. The molecule has 0 saturated heterocycles. The van der Waals surface area contributed by atoms with E-state index in [9.17, 15) is 19.2 Å². The molecule has 4 N–H and O–H groups in total. The second-order valence-corrected chi connectivity index (χ2v) is 4.24. The van der Waals surface area contributed by atoms with Gasteiger partial charge in [-0.3, -0.25) is 14.4 Å². The Balaban J connectivity index is 4.04. The minimum atomic E-state index is -1.28. The van der Waals surface area contributed by atoms with Crippen molar-refractivity contribution in [2.24, 2.45) is 0 Å². The lowest BCUT2D eigenvalue weighted by molar-refractivity contribution is -0.143. The minimum Gasteiger partial charge on any atom is -0.481 e. The fraction of sp³-hybridized carbons (Fsp3) is 0.667. The van der Waals surface area contributed by atoms with E-state index < -0.39 is 23.9 Å². The molecule has 0 radical (unpaired) electrons. The fourth-order valence-electron chi connectivity index (χ4n) is 1.42. The molecule has 8 nitrogen and oxygen atoms in total. The molecule has 1 atom stereocenters. The molecule has 0 aliphatic heterocycles. The van der Waals surface area contributed by atoms with Crippen LogP contribution < -0.4 is 10.6 Å². The number of rotatable bonds is 10. The molecule has 0 bridgehead atoms. The lowest BCUT2D eigenvalue weighted by atomic mass is 10.1. The van der Waals surface area contributed by atoms with Gasteiger partial charge in [-0.1, -0.05) is 6.92 Å². The molecular formula is C12H20N2O6. The van der Waals surface area contributed by atoms with Crippen molar-refractivity contribution in [3.8, 4) is 0 Å². The molecule has 0 aliphatic rings. The average Bonchev–Trinajstić information content (AvgIpc) is 2.34. The summed E-state index contributed by atoms with van der Waals surface area (Å²) >= 11 is 0. The summed E-state index contributed by atoms with van der Waals surface area (Å²) in [7, 11) is 0. The summed E-state index contributed by atoms with van der Waals surface area (Å²) in [6, 6.07) is -1.23. The lowest BCUT2D eigenvalue weighted by Gasteiger charge is -2.13. The topological polar surface area (TPSA) is 133 Å². The van der Waals surface area contributed by atoms with Crippen LogP contribution in [0.25, 0.3) is 0 Å². The number of amides is 2. The van der Waals surface area contributed by atoms with Gasteiger partial charge in [0.15, 0.2) is 0 Å². The van der Waals surface area contributed by atoms with Gasteiger partial charge in [-0.05, 0) is 12.8 Å². The first-order valence-corrected chi connectivity index (χ1v) is 6.37. The maximum atomic E-state index is 11.5. The predicted molar refractivity (Wildman–Crippen MR) is 69.0 cm³/mol. The van der Waals surface area contributed by atoms with Crippen molar-refractivity contribution in [2.45, 2.75) is 45.1 Å². The number of aliphatic carboxylic acids is 2. The van der Waals surface area contributed by atoms with E-state index >= 15 is 0 Å². The number of nitrogens with one attached hydrogen (secondary N) is 2. The SMILES string of the molecule is CCCC(=O)NCCC(=O)N[C@H](CCC(=O)O)C(=O)O. The molecule has 0 aromatic rings. The van der Waals surface area contributed by atoms with Crippen LogP contribution in [0.15, 0.2) is 0 Å². The molecule has 0 fully saturated rings. The Morgan fingerprint density at radius 3 is 2.15 bits per heavy atom. The maximum absolute atomic E-state index is 11.5. The number of hydrogen-bond acceptors (Lipinski definition) is 4. The zero-order valence-corrected chi connectivity index (χ0v) is 11.3. The average molecular weight is 288 g/mol. The van der Waals surface area contributed by atoms with E-state index in [4.69, 9.17) is 10.2 Å². The molecule has 0 aliphatic carbocycles.